The van der Waals surface area contributed by atoms with Crippen LogP contribution in [0.3, 0.4) is 0 Å². The van der Waals surface area contributed by atoms with Crippen molar-refractivity contribution in [3.05, 3.63) is 28.8 Å². The molecule has 1 aromatic rings. The molecule has 0 N–H and O–H groups in total. The van der Waals surface area contributed by atoms with Crippen molar-refractivity contribution in [2.24, 2.45) is 5.92 Å². The number of hydrogen-bond acceptors (Lipinski definition) is 5. The molecular weight excluding hydrogens is 370 g/mol. The first kappa shape index (κ1) is 23.2. The Morgan fingerprint density at radius 3 is 2.45 bits per heavy atom. The first-order valence-corrected chi connectivity index (χ1v) is 10.3. The van der Waals surface area contributed by atoms with Gasteiger partial charge in [0.05, 0.1) is 39.8 Å². The summed E-state index contributed by atoms with van der Waals surface area (Å²) in [6, 6.07) is 3.98. The predicted octanol–water partition coefficient (Wildman–Crippen LogP) is 3.27. The van der Waals surface area contributed by atoms with Gasteiger partial charge in [-0.1, -0.05) is 33.8 Å². The second-order valence-corrected chi connectivity index (χ2v) is 8.81. The number of esters is 1. The van der Waals surface area contributed by atoms with Crippen LogP contribution in [-0.2, 0) is 30.9 Å². The quantitative estimate of drug-likeness (QED) is 0.621. The second kappa shape index (κ2) is 10.1. The van der Waals surface area contributed by atoms with E-state index in [0.29, 0.717) is 38.7 Å². The Labute approximate surface area is 174 Å². The lowest BCUT2D eigenvalue weighted by Gasteiger charge is -2.31. The first-order valence-electron chi connectivity index (χ1n) is 10.3. The monoisotopic (exact) mass is 405 g/mol. The van der Waals surface area contributed by atoms with E-state index >= 15 is 0 Å². The molecule has 1 aliphatic rings. The number of carbonyl (C=O) groups is 2. The average Bonchev–Trinajstić information content (AvgIpc) is 2.65. The number of carbonyl (C=O) groups excluding carboxylic acids is 2. The van der Waals surface area contributed by atoms with Crippen LogP contribution in [0, 0.1) is 12.8 Å². The minimum atomic E-state index is -0.534. The Bertz CT molecular complexity index is 720. The summed E-state index contributed by atoms with van der Waals surface area (Å²) in [6.45, 7) is 12.8. The molecule has 0 unspecified atom stereocenters. The fourth-order valence-corrected chi connectivity index (χ4v) is 3.74. The maximum atomic E-state index is 12.9. The number of aryl methyl sites for hydroxylation is 1. The number of methoxy groups -OCH3 is 1. The Morgan fingerprint density at radius 1 is 1.21 bits per heavy atom. The highest BCUT2D eigenvalue weighted by atomic mass is 16.5. The standard InChI is InChI=1S/C23H35NO5/c1-16(2)15-29-21(26)14-23(4,5)22-18(11-17(3)12-19(22)27-6)13-20(25)24-7-9-28-10-8-24/h11-12,16H,7-10,13-15H2,1-6H3. The van der Waals surface area contributed by atoms with Crippen molar-refractivity contribution in [1.82, 2.24) is 4.90 Å². The number of nitrogens with zero attached hydrogens (tertiary/aromatic N) is 1. The predicted molar refractivity (Wildman–Crippen MR) is 112 cm³/mol. The van der Waals surface area contributed by atoms with E-state index in [1.54, 1.807) is 7.11 Å². The van der Waals surface area contributed by atoms with E-state index < -0.39 is 5.41 Å². The van der Waals surface area contributed by atoms with Gasteiger partial charge in [-0.2, -0.15) is 0 Å². The van der Waals surface area contributed by atoms with Gasteiger partial charge in [-0.3, -0.25) is 9.59 Å². The van der Waals surface area contributed by atoms with Crippen molar-refractivity contribution in [1.29, 1.82) is 0 Å². The van der Waals surface area contributed by atoms with E-state index in [1.807, 2.05) is 51.7 Å². The fraction of sp³-hybridized carbons (Fsp3) is 0.652. The van der Waals surface area contributed by atoms with Crippen LogP contribution in [0.2, 0.25) is 0 Å². The maximum Gasteiger partial charge on any atom is 0.306 e. The fourth-order valence-electron chi connectivity index (χ4n) is 3.74. The highest BCUT2D eigenvalue weighted by Gasteiger charge is 2.32. The number of benzene rings is 1. The Kier molecular flexibility index (Phi) is 8.08. The van der Waals surface area contributed by atoms with Crippen LogP contribution in [0.15, 0.2) is 12.1 Å². The molecule has 1 amide bonds. The summed E-state index contributed by atoms with van der Waals surface area (Å²) >= 11 is 0. The van der Waals surface area contributed by atoms with Crippen LogP contribution in [-0.4, -0.2) is 56.8 Å². The second-order valence-electron chi connectivity index (χ2n) is 8.81. The van der Waals surface area contributed by atoms with E-state index in [2.05, 4.69) is 0 Å². The summed E-state index contributed by atoms with van der Waals surface area (Å²) in [5.41, 5.74) is 2.29. The third kappa shape index (κ3) is 6.46. The minimum Gasteiger partial charge on any atom is -0.496 e. The van der Waals surface area contributed by atoms with Crippen LogP contribution in [0.25, 0.3) is 0 Å². The van der Waals surface area contributed by atoms with Gasteiger partial charge in [-0.05, 0) is 30.0 Å². The Balaban J connectivity index is 2.30. The number of rotatable bonds is 8. The van der Waals surface area contributed by atoms with Gasteiger partial charge < -0.3 is 19.1 Å². The molecule has 0 atom stereocenters. The molecule has 2 rings (SSSR count). The van der Waals surface area contributed by atoms with Crippen molar-refractivity contribution >= 4 is 11.9 Å². The Hall–Kier alpha value is -2.08. The summed E-state index contributed by atoms with van der Waals surface area (Å²) in [4.78, 5) is 27.2. The van der Waals surface area contributed by atoms with Crippen LogP contribution in [0.4, 0.5) is 0 Å². The van der Waals surface area contributed by atoms with Gasteiger partial charge >= 0.3 is 5.97 Å². The molecule has 0 spiro atoms. The molecule has 1 fully saturated rings. The van der Waals surface area contributed by atoms with E-state index in [1.165, 1.54) is 0 Å². The summed E-state index contributed by atoms with van der Waals surface area (Å²) in [5, 5.41) is 0. The lowest BCUT2D eigenvalue weighted by Crippen LogP contribution is -2.41. The Morgan fingerprint density at radius 2 is 1.86 bits per heavy atom. The molecule has 0 radical (unpaired) electrons. The molecule has 0 aromatic heterocycles. The van der Waals surface area contributed by atoms with Crippen molar-refractivity contribution in [3.63, 3.8) is 0 Å². The number of morpholine rings is 1. The number of amides is 1. The van der Waals surface area contributed by atoms with Crippen LogP contribution < -0.4 is 4.74 Å². The topological polar surface area (TPSA) is 65.1 Å². The molecule has 29 heavy (non-hydrogen) atoms. The molecule has 1 saturated heterocycles. The molecule has 0 saturated carbocycles. The molecular formula is C23H35NO5. The smallest absolute Gasteiger partial charge is 0.306 e. The lowest BCUT2D eigenvalue weighted by molar-refractivity contribution is -0.146. The van der Waals surface area contributed by atoms with Gasteiger partial charge in [0.2, 0.25) is 5.91 Å². The van der Waals surface area contributed by atoms with E-state index in [-0.39, 0.29) is 30.6 Å². The van der Waals surface area contributed by atoms with Gasteiger partial charge in [0, 0.05) is 24.1 Å². The lowest BCUT2D eigenvalue weighted by atomic mass is 9.77. The van der Waals surface area contributed by atoms with Gasteiger partial charge in [0.1, 0.15) is 5.75 Å². The molecule has 6 heteroatoms. The van der Waals surface area contributed by atoms with E-state index in [9.17, 15) is 9.59 Å². The highest BCUT2D eigenvalue weighted by Crippen LogP contribution is 2.38. The SMILES string of the molecule is COc1cc(C)cc(CC(=O)N2CCOCC2)c1C(C)(C)CC(=O)OCC(C)C. The third-order valence-electron chi connectivity index (χ3n) is 5.09. The molecule has 1 aliphatic heterocycles. The number of ether oxygens (including phenoxy) is 3. The van der Waals surface area contributed by atoms with Crippen LogP contribution in [0.1, 0.15) is 50.8 Å². The van der Waals surface area contributed by atoms with E-state index in [0.717, 1.165) is 16.7 Å². The summed E-state index contributed by atoms with van der Waals surface area (Å²) < 4.78 is 16.4. The van der Waals surface area contributed by atoms with Crippen LogP contribution in [0.5, 0.6) is 5.75 Å². The number of hydrogen-bond donors (Lipinski definition) is 0. The van der Waals surface area contributed by atoms with Crippen molar-refractivity contribution < 1.29 is 23.8 Å². The zero-order valence-electron chi connectivity index (χ0n) is 18.7. The van der Waals surface area contributed by atoms with Gasteiger partial charge in [-0.25, -0.2) is 0 Å². The maximum absolute atomic E-state index is 12.9. The van der Waals surface area contributed by atoms with Crippen molar-refractivity contribution in [2.45, 2.75) is 52.9 Å². The van der Waals surface area contributed by atoms with Gasteiger partial charge in [0.15, 0.2) is 0 Å². The summed E-state index contributed by atoms with van der Waals surface area (Å²) in [7, 11) is 1.62. The minimum absolute atomic E-state index is 0.0698. The van der Waals surface area contributed by atoms with Crippen LogP contribution >= 0.6 is 0 Å². The molecule has 6 nitrogen and oxygen atoms in total. The van der Waals surface area contributed by atoms with Gasteiger partial charge in [0.25, 0.3) is 0 Å². The largest absolute Gasteiger partial charge is 0.496 e. The molecule has 1 aromatic carbocycles. The van der Waals surface area contributed by atoms with Gasteiger partial charge in [-0.15, -0.1) is 0 Å². The molecule has 1 heterocycles. The zero-order chi connectivity index (χ0) is 21.6. The first-order chi connectivity index (χ1) is 13.6. The zero-order valence-corrected chi connectivity index (χ0v) is 18.7. The summed E-state index contributed by atoms with van der Waals surface area (Å²) in [5.74, 6) is 0.825. The average molecular weight is 406 g/mol. The summed E-state index contributed by atoms with van der Waals surface area (Å²) in [6.07, 6.45) is 0.496. The molecule has 0 bridgehead atoms. The normalized spacial score (nSPS) is 14.8. The third-order valence-corrected chi connectivity index (χ3v) is 5.09. The highest BCUT2D eigenvalue weighted by molar-refractivity contribution is 5.80. The van der Waals surface area contributed by atoms with E-state index in [4.69, 9.17) is 14.2 Å². The van der Waals surface area contributed by atoms with Crippen molar-refractivity contribution in [2.75, 3.05) is 40.0 Å². The van der Waals surface area contributed by atoms with Crippen molar-refractivity contribution in [3.8, 4) is 5.75 Å². The molecule has 162 valence electrons. The molecule has 0 aliphatic carbocycles.